The van der Waals surface area contributed by atoms with Gasteiger partial charge in [0.1, 0.15) is 6.61 Å². The van der Waals surface area contributed by atoms with E-state index in [0.29, 0.717) is 6.04 Å². The first kappa shape index (κ1) is 11.7. The number of aliphatic hydroxyl groups excluding tert-OH is 1. The molecule has 2 unspecified atom stereocenters. The monoisotopic (exact) mass is 228 g/mol. The van der Waals surface area contributed by atoms with Crippen molar-refractivity contribution in [2.75, 3.05) is 26.3 Å². The van der Waals surface area contributed by atoms with Crippen molar-refractivity contribution >= 4 is 6.09 Å². The molecule has 0 radical (unpaired) electrons. The first-order chi connectivity index (χ1) is 7.81. The quantitative estimate of drug-likeness (QED) is 0.731. The van der Waals surface area contributed by atoms with Crippen molar-refractivity contribution in [2.45, 2.75) is 37.8 Å². The fraction of sp³-hybridized carbons (Fsp3) is 0.909. The minimum atomic E-state index is -0.397. The van der Waals surface area contributed by atoms with E-state index in [1.165, 1.54) is 19.3 Å². The number of nitrogens with zero attached hydrogens (tertiary/aromatic N) is 1. The molecule has 2 aliphatic rings. The lowest BCUT2D eigenvalue weighted by atomic mass is 9.99. The topological polar surface area (TPSA) is 61.8 Å². The van der Waals surface area contributed by atoms with Crippen molar-refractivity contribution in [3.8, 4) is 0 Å². The van der Waals surface area contributed by atoms with Crippen molar-refractivity contribution in [1.29, 1.82) is 0 Å². The van der Waals surface area contributed by atoms with Gasteiger partial charge in [-0.3, -0.25) is 4.90 Å². The second-order valence-corrected chi connectivity index (χ2v) is 4.50. The highest BCUT2D eigenvalue weighted by atomic mass is 16.6. The van der Waals surface area contributed by atoms with E-state index < -0.39 is 6.09 Å². The molecular weight excluding hydrogens is 208 g/mol. The Hall–Kier alpha value is -0.810. The largest absolute Gasteiger partial charge is 0.447 e. The summed E-state index contributed by atoms with van der Waals surface area (Å²) < 4.78 is 4.81. The smallest absolute Gasteiger partial charge is 0.407 e. The summed E-state index contributed by atoms with van der Waals surface area (Å²) >= 11 is 0. The van der Waals surface area contributed by atoms with Crippen LogP contribution in [0.15, 0.2) is 0 Å². The molecule has 2 aliphatic heterocycles. The molecule has 5 nitrogen and oxygen atoms in total. The summed E-state index contributed by atoms with van der Waals surface area (Å²) in [6, 6.07) is 0.724. The standard InChI is InChI=1S/C11H20N2O3/c14-7-8-16-11(15)12-9-4-6-13-5-2-1-3-10(9)13/h9-10,14H,1-8H2,(H,12,15). The molecule has 2 atom stereocenters. The summed E-state index contributed by atoms with van der Waals surface area (Å²) in [6.07, 6.45) is 4.32. The van der Waals surface area contributed by atoms with Gasteiger partial charge in [0.2, 0.25) is 0 Å². The van der Waals surface area contributed by atoms with Crippen LogP contribution in [0.2, 0.25) is 0 Å². The van der Waals surface area contributed by atoms with E-state index in [1.807, 2.05) is 0 Å². The molecule has 16 heavy (non-hydrogen) atoms. The maximum absolute atomic E-state index is 11.4. The molecule has 0 aliphatic carbocycles. The highest BCUT2D eigenvalue weighted by Gasteiger charge is 2.36. The highest BCUT2D eigenvalue weighted by molar-refractivity contribution is 5.67. The minimum absolute atomic E-state index is 0.0763. The second kappa shape index (κ2) is 5.50. The lowest BCUT2D eigenvalue weighted by molar-refractivity contribution is 0.111. The Kier molecular flexibility index (Phi) is 4.01. The predicted octanol–water partition coefficient (Wildman–Crippen LogP) is 0.332. The van der Waals surface area contributed by atoms with Gasteiger partial charge in [0.25, 0.3) is 0 Å². The zero-order valence-corrected chi connectivity index (χ0v) is 9.52. The third-order valence-corrected chi connectivity index (χ3v) is 3.48. The Morgan fingerprint density at radius 3 is 3.06 bits per heavy atom. The van der Waals surface area contributed by atoms with Crippen LogP contribution in [0.5, 0.6) is 0 Å². The molecule has 0 saturated carbocycles. The zero-order valence-electron chi connectivity index (χ0n) is 9.52. The fourth-order valence-electron chi connectivity index (χ4n) is 2.75. The van der Waals surface area contributed by atoms with Gasteiger partial charge in [0, 0.05) is 18.6 Å². The van der Waals surface area contributed by atoms with Gasteiger partial charge in [-0.1, -0.05) is 6.42 Å². The van der Waals surface area contributed by atoms with Gasteiger partial charge >= 0.3 is 6.09 Å². The number of amides is 1. The SMILES string of the molecule is O=C(NC1CCN2CCCCC12)OCCO. The number of nitrogens with one attached hydrogen (secondary N) is 1. The molecule has 5 heteroatoms. The Labute approximate surface area is 95.8 Å². The molecule has 1 amide bonds. The number of fused-ring (bicyclic) bond motifs is 1. The predicted molar refractivity (Wildman–Crippen MR) is 59.2 cm³/mol. The van der Waals surface area contributed by atoms with Crippen LogP contribution in [0.4, 0.5) is 4.79 Å². The van der Waals surface area contributed by atoms with Crippen LogP contribution in [0.25, 0.3) is 0 Å². The lowest BCUT2D eigenvalue weighted by Gasteiger charge is -2.32. The molecule has 92 valence electrons. The van der Waals surface area contributed by atoms with Crippen LogP contribution in [-0.4, -0.2) is 54.5 Å². The van der Waals surface area contributed by atoms with Crippen LogP contribution in [-0.2, 0) is 4.74 Å². The van der Waals surface area contributed by atoms with Gasteiger partial charge in [0.15, 0.2) is 0 Å². The summed E-state index contributed by atoms with van der Waals surface area (Å²) in [5.74, 6) is 0. The maximum atomic E-state index is 11.4. The summed E-state index contributed by atoms with van der Waals surface area (Å²) in [5.41, 5.74) is 0. The van der Waals surface area contributed by atoms with E-state index in [1.54, 1.807) is 0 Å². The van der Waals surface area contributed by atoms with Crippen LogP contribution in [0.3, 0.4) is 0 Å². The van der Waals surface area contributed by atoms with Gasteiger partial charge in [-0.25, -0.2) is 4.79 Å². The van der Waals surface area contributed by atoms with Gasteiger partial charge < -0.3 is 15.2 Å². The first-order valence-corrected chi connectivity index (χ1v) is 6.09. The van der Waals surface area contributed by atoms with Crippen molar-refractivity contribution in [1.82, 2.24) is 10.2 Å². The number of rotatable bonds is 3. The number of piperidine rings is 1. The molecule has 0 bridgehead atoms. The zero-order chi connectivity index (χ0) is 11.4. The van der Waals surface area contributed by atoms with Crippen LogP contribution in [0, 0.1) is 0 Å². The maximum Gasteiger partial charge on any atom is 0.407 e. The average Bonchev–Trinajstić information content (AvgIpc) is 2.70. The Morgan fingerprint density at radius 2 is 2.25 bits per heavy atom. The molecule has 0 aromatic carbocycles. The van der Waals surface area contributed by atoms with Crippen LogP contribution in [0.1, 0.15) is 25.7 Å². The summed E-state index contributed by atoms with van der Waals surface area (Å²) in [6.45, 7) is 2.20. The minimum Gasteiger partial charge on any atom is -0.447 e. The number of ether oxygens (including phenoxy) is 1. The number of hydrogen-bond acceptors (Lipinski definition) is 4. The fourth-order valence-corrected chi connectivity index (χ4v) is 2.75. The number of alkyl carbamates (subject to hydrolysis) is 1. The number of aliphatic hydroxyl groups is 1. The molecule has 0 aromatic heterocycles. The second-order valence-electron chi connectivity index (χ2n) is 4.50. The van der Waals surface area contributed by atoms with Crippen LogP contribution >= 0.6 is 0 Å². The molecule has 2 rings (SSSR count). The van der Waals surface area contributed by atoms with Crippen LogP contribution < -0.4 is 5.32 Å². The Morgan fingerprint density at radius 1 is 1.38 bits per heavy atom. The van der Waals surface area contributed by atoms with Gasteiger partial charge in [-0.2, -0.15) is 0 Å². The average molecular weight is 228 g/mol. The third-order valence-electron chi connectivity index (χ3n) is 3.48. The van der Waals surface area contributed by atoms with Gasteiger partial charge in [0.05, 0.1) is 6.61 Å². The van der Waals surface area contributed by atoms with E-state index in [-0.39, 0.29) is 19.3 Å². The van der Waals surface area contributed by atoms with Gasteiger partial charge in [-0.15, -0.1) is 0 Å². The third kappa shape index (κ3) is 2.65. The van der Waals surface area contributed by atoms with Crippen molar-refractivity contribution in [2.24, 2.45) is 0 Å². The normalized spacial score (nSPS) is 29.8. The van der Waals surface area contributed by atoms with E-state index in [4.69, 9.17) is 9.84 Å². The Balaban J connectivity index is 1.79. The Bertz CT molecular complexity index is 247. The summed E-state index contributed by atoms with van der Waals surface area (Å²) in [7, 11) is 0. The molecule has 2 saturated heterocycles. The number of hydrogen-bond donors (Lipinski definition) is 2. The molecule has 2 heterocycles. The number of carbonyl (C=O) groups excluding carboxylic acids is 1. The summed E-state index contributed by atoms with van der Waals surface area (Å²) in [4.78, 5) is 13.8. The molecule has 2 fully saturated rings. The van der Waals surface area contributed by atoms with E-state index in [2.05, 4.69) is 10.2 Å². The molecule has 0 spiro atoms. The van der Waals surface area contributed by atoms with Gasteiger partial charge in [-0.05, 0) is 25.8 Å². The lowest BCUT2D eigenvalue weighted by Crippen LogP contribution is -2.47. The highest BCUT2D eigenvalue weighted by Crippen LogP contribution is 2.27. The summed E-state index contributed by atoms with van der Waals surface area (Å²) in [5, 5.41) is 11.4. The first-order valence-electron chi connectivity index (χ1n) is 6.09. The molecular formula is C11H20N2O3. The van der Waals surface area contributed by atoms with E-state index in [0.717, 1.165) is 19.5 Å². The van der Waals surface area contributed by atoms with Crippen molar-refractivity contribution < 1.29 is 14.6 Å². The van der Waals surface area contributed by atoms with Crippen molar-refractivity contribution in [3.05, 3.63) is 0 Å². The van der Waals surface area contributed by atoms with E-state index in [9.17, 15) is 4.79 Å². The molecule has 0 aromatic rings. The molecule has 2 N–H and O–H groups in total. The number of carbonyl (C=O) groups is 1. The van der Waals surface area contributed by atoms with E-state index >= 15 is 0 Å². The van der Waals surface area contributed by atoms with Crippen molar-refractivity contribution in [3.63, 3.8) is 0 Å².